The summed E-state index contributed by atoms with van der Waals surface area (Å²) in [7, 11) is 0. The Morgan fingerprint density at radius 2 is 0.697 bits per heavy atom. The van der Waals surface area contributed by atoms with E-state index in [-0.39, 0.29) is 0 Å². The molecule has 0 atom stereocenters. The Morgan fingerprint density at radius 3 is 1.06 bits per heavy atom. The SMILES string of the molecule is CCCCCCCCCN(CC=O)CCN(CCCCCCCC)CCCCCCCCC. The predicted octanol–water partition coefficient (Wildman–Crippen LogP) is 8.65. The van der Waals surface area contributed by atoms with Gasteiger partial charge in [0, 0.05) is 13.1 Å². The van der Waals surface area contributed by atoms with Gasteiger partial charge in [-0.2, -0.15) is 0 Å². The van der Waals surface area contributed by atoms with Crippen LogP contribution in [0, 0.1) is 0 Å². The lowest BCUT2D eigenvalue weighted by molar-refractivity contribution is -0.108. The first kappa shape index (κ1) is 32.6. The van der Waals surface area contributed by atoms with E-state index in [0.717, 1.165) is 25.9 Å². The number of hydrogen-bond donors (Lipinski definition) is 0. The van der Waals surface area contributed by atoms with Crippen LogP contribution in [0.2, 0.25) is 0 Å². The van der Waals surface area contributed by atoms with Crippen LogP contribution < -0.4 is 0 Å². The van der Waals surface area contributed by atoms with E-state index in [0.29, 0.717) is 6.54 Å². The van der Waals surface area contributed by atoms with E-state index in [1.807, 2.05) is 0 Å². The van der Waals surface area contributed by atoms with Crippen LogP contribution in [-0.2, 0) is 4.79 Å². The van der Waals surface area contributed by atoms with Crippen LogP contribution in [0.4, 0.5) is 0 Å². The number of hydrogen-bond acceptors (Lipinski definition) is 3. The minimum Gasteiger partial charge on any atom is -0.302 e. The van der Waals surface area contributed by atoms with Crippen LogP contribution in [-0.4, -0.2) is 55.4 Å². The van der Waals surface area contributed by atoms with E-state index >= 15 is 0 Å². The second-order valence-electron chi connectivity index (χ2n) is 10.3. The molecule has 0 unspecified atom stereocenters. The van der Waals surface area contributed by atoms with Gasteiger partial charge in [-0.3, -0.25) is 4.90 Å². The number of carbonyl (C=O) groups is 1. The van der Waals surface area contributed by atoms with Crippen molar-refractivity contribution in [2.24, 2.45) is 0 Å². The Balaban J connectivity index is 4.23. The summed E-state index contributed by atoms with van der Waals surface area (Å²) in [5.74, 6) is 0. The molecule has 0 bridgehead atoms. The fraction of sp³-hybridized carbons (Fsp3) is 0.967. The lowest BCUT2D eigenvalue weighted by atomic mass is 10.1. The molecule has 3 nitrogen and oxygen atoms in total. The van der Waals surface area contributed by atoms with Crippen molar-refractivity contribution in [1.29, 1.82) is 0 Å². The van der Waals surface area contributed by atoms with Gasteiger partial charge in [0.05, 0.1) is 6.54 Å². The number of nitrogens with zero attached hydrogens (tertiary/aromatic N) is 2. The third kappa shape index (κ3) is 24.5. The third-order valence-electron chi connectivity index (χ3n) is 7.05. The number of rotatable bonds is 28. The molecule has 0 spiro atoms. The largest absolute Gasteiger partial charge is 0.302 e. The van der Waals surface area contributed by atoms with Crippen LogP contribution in [0.25, 0.3) is 0 Å². The minimum atomic E-state index is 0.609. The highest BCUT2D eigenvalue weighted by molar-refractivity contribution is 5.51. The van der Waals surface area contributed by atoms with E-state index in [4.69, 9.17) is 0 Å². The highest BCUT2D eigenvalue weighted by Gasteiger charge is 2.09. The highest BCUT2D eigenvalue weighted by atomic mass is 16.1. The molecule has 0 heterocycles. The van der Waals surface area contributed by atoms with Crippen molar-refractivity contribution < 1.29 is 4.79 Å². The Labute approximate surface area is 209 Å². The number of carbonyl (C=O) groups excluding carboxylic acids is 1. The molecule has 0 aromatic heterocycles. The van der Waals surface area contributed by atoms with Crippen molar-refractivity contribution in [3.63, 3.8) is 0 Å². The lowest BCUT2D eigenvalue weighted by Gasteiger charge is -2.27. The van der Waals surface area contributed by atoms with Gasteiger partial charge in [0.25, 0.3) is 0 Å². The van der Waals surface area contributed by atoms with E-state index in [1.165, 1.54) is 142 Å². The molecule has 0 N–H and O–H groups in total. The van der Waals surface area contributed by atoms with Crippen LogP contribution in [0.1, 0.15) is 149 Å². The van der Waals surface area contributed by atoms with E-state index in [2.05, 4.69) is 30.6 Å². The lowest BCUT2D eigenvalue weighted by Crippen LogP contribution is -2.37. The van der Waals surface area contributed by atoms with Crippen molar-refractivity contribution in [2.75, 3.05) is 39.3 Å². The van der Waals surface area contributed by atoms with E-state index < -0.39 is 0 Å². The van der Waals surface area contributed by atoms with Crippen LogP contribution in [0.5, 0.6) is 0 Å². The molecule has 0 aliphatic rings. The van der Waals surface area contributed by atoms with Gasteiger partial charge in [0.15, 0.2) is 0 Å². The van der Waals surface area contributed by atoms with Crippen molar-refractivity contribution in [3.05, 3.63) is 0 Å². The fourth-order valence-electron chi connectivity index (χ4n) is 4.72. The summed E-state index contributed by atoms with van der Waals surface area (Å²) in [5.41, 5.74) is 0. The van der Waals surface area contributed by atoms with Gasteiger partial charge in [-0.05, 0) is 38.9 Å². The summed E-state index contributed by atoms with van der Waals surface area (Å²) < 4.78 is 0. The van der Waals surface area contributed by atoms with E-state index in [9.17, 15) is 4.79 Å². The maximum atomic E-state index is 11.2. The smallest absolute Gasteiger partial charge is 0.133 e. The van der Waals surface area contributed by atoms with Gasteiger partial charge in [-0.25, -0.2) is 0 Å². The fourth-order valence-corrected chi connectivity index (χ4v) is 4.72. The molecule has 0 rings (SSSR count). The summed E-state index contributed by atoms with van der Waals surface area (Å²) in [6.07, 6.45) is 28.4. The van der Waals surface area contributed by atoms with Gasteiger partial charge in [-0.1, -0.05) is 130 Å². The molecule has 0 fully saturated rings. The first-order chi connectivity index (χ1) is 16.3. The first-order valence-corrected chi connectivity index (χ1v) is 15.2. The molecular weight excluding hydrogens is 404 g/mol. The summed E-state index contributed by atoms with van der Waals surface area (Å²) in [5, 5.41) is 0. The Hall–Kier alpha value is -0.410. The Bertz CT molecular complexity index is 374. The van der Waals surface area contributed by atoms with E-state index in [1.54, 1.807) is 0 Å². The summed E-state index contributed by atoms with van der Waals surface area (Å²) in [6, 6.07) is 0. The molecule has 0 saturated heterocycles. The molecule has 0 saturated carbocycles. The van der Waals surface area contributed by atoms with Gasteiger partial charge < -0.3 is 9.69 Å². The zero-order valence-corrected chi connectivity index (χ0v) is 23.3. The zero-order chi connectivity index (χ0) is 24.2. The molecule has 0 aliphatic carbocycles. The van der Waals surface area contributed by atoms with Crippen molar-refractivity contribution in [3.8, 4) is 0 Å². The quantitative estimate of drug-likeness (QED) is 0.0851. The monoisotopic (exact) mass is 466 g/mol. The molecule has 0 aromatic rings. The Kier molecular flexibility index (Phi) is 27.5. The van der Waals surface area contributed by atoms with Gasteiger partial charge in [0.2, 0.25) is 0 Å². The van der Waals surface area contributed by atoms with Crippen molar-refractivity contribution in [1.82, 2.24) is 9.80 Å². The molecule has 0 aromatic carbocycles. The standard InChI is InChI=1S/C30H62N2O/c1-4-7-10-13-16-19-22-25-31(24-21-18-15-12-9-6-3)27-28-32(29-30-33)26-23-20-17-14-11-8-5-2/h30H,4-29H2,1-3H3. The van der Waals surface area contributed by atoms with Gasteiger partial charge in [-0.15, -0.1) is 0 Å². The predicted molar refractivity (Wildman–Crippen MR) is 148 cm³/mol. The molecule has 0 aliphatic heterocycles. The zero-order valence-electron chi connectivity index (χ0n) is 23.3. The van der Waals surface area contributed by atoms with Crippen molar-refractivity contribution in [2.45, 2.75) is 149 Å². The minimum absolute atomic E-state index is 0.609. The molecule has 0 radical (unpaired) electrons. The molecular formula is C30H62N2O. The summed E-state index contributed by atoms with van der Waals surface area (Å²) in [6.45, 7) is 13.2. The first-order valence-electron chi connectivity index (χ1n) is 15.2. The summed E-state index contributed by atoms with van der Waals surface area (Å²) in [4.78, 5) is 16.3. The Morgan fingerprint density at radius 1 is 0.394 bits per heavy atom. The second kappa shape index (κ2) is 27.8. The van der Waals surface area contributed by atoms with Gasteiger partial charge in [0.1, 0.15) is 6.29 Å². The molecule has 3 heteroatoms. The topological polar surface area (TPSA) is 23.6 Å². The maximum absolute atomic E-state index is 11.2. The van der Waals surface area contributed by atoms with Crippen LogP contribution in [0.3, 0.4) is 0 Å². The van der Waals surface area contributed by atoms with Crippen LogP contribution in [0.15, 0.2) is 0 Å². The average molecular weight is 467 g/mol. The number of aldehydes is 1. The van der Waals surface area contributed by atoms with Crippen LogP contribution >= 0.6 is 0 Å². The van der Waals surface area contributed by atoms with Crippen molar-refractivity contribution >= 4 is 6.29 Å². The number of unbranched alkanes of at least 4 members (excludes halogenated alkanes) is 17. The highest BCUT2D eigenvalue weighted by Crippen LogP contribution is 2.11. The average Bonchev–Trinajstić information content (AvgIpc) is 2.82. The second-order valence-corrected chi connectivity index (χ2v) is 10.3. The molecule has 0 amide bonds. The van der Waals surface area contributed by atoms with Gasteiger partial charge >= 0.3 is 0 Å². The molecule has 198 valence electrons. The summed E-state index contributed by atoms with van der Waals surface area (Å²) >= 11 is 0. The maximum Gasteiger partial charge on any atom is 0.133 e. The normalized spacial score (nSPS) is 11.7. The molecule has 33 heavy (non-hydrogen) atoms. The third-order valence-corrected chi connectivity index (χ3v) is 7.05.